The molecule has 216 valence electrons. The van der Waals surface area contributed by atoms with Crippen molar-refractivity contribution in [2.24, 2.45) is 0 Å². The SMILES string of the molecule is CCCCCOc1ccc([C@H]2/C(=C(\O)c3ccc4c(c3)C[C@H](C)O4)C(=O)C(=O)N2c2nc3c(C)cc(C)cc3s2)cc1. The predicted molar refractivity (Wildman–Crippen MR) is 166 cm³/mol. The first-order valence-electron chi connectivity index (χ1n) is 14.5. The molecule has 0 radical (unpaired) electrons. The number of aliphatic hydroxyl groups is 1. The number of aromatic nitrogens is 1. The zero-order valence-corrected chi connectivity index (χ0v) is 25.1. The van der Waals surface area contributed by atoms with Gasteiger partial charge in [-0.05, 0) is 85.8 Å². The number of ketones is 1. The molecule has 3 aromatic carbocycles. The fraction of sp³-hybridized carbons (Fsp3) is 0.324. The molecule has 2 atom stereocenters. The number of amides is 1. The normalized spacial score (nSPS) is 19.4. The highest BCUT2D eigenvalue weighted by molar-refractivity contribution is 7.22. The number of carbonyl (C=O) groups is 2. The summed E-state index contributed by atoms with van der Waals surface area (Å²) in [5, 5.41) is 12.1. The van der Waals surface area contributed by atoms with E-state index in [0.717, 1.165) is 51.9 Å². The van der Waals surface area contributed by atoms with Crippen molar-refractivity contribution in [2.75, 3.05) is 11.5 Å². The minimum absolute atomic E-state index is 0.0377. The molecular weight excluding hydrogens is 548 g/mol. The molecule has 3 heterocycles. The van der Waals surface area contributed by atoms with Crippen LogP contribution in [0.4, 0.5) is 5.13 Å². The van der Waals surface area contributed by atoms with Crippen LogP contribution in [0.1, 0.15) is 67.0 Å². The van der Waals surface area contributed by atoms with E-state index in [1.165, 1.54) is 16.2 Å². The first kappa shape index (κ1) is 28.0. The zero-order valence-electron chi connectivity index (χ0n) is 24.3. The minimum Gasteiger partial charge on any atom is -0.507 e. The van der Waals surface area contributed by atoms with Crippen LogP contribution in [-0.2, 0) is 16.0 Å². The second kappa shape index (κ2) is 11.2. The summed E-state index contributed by atoms with van der Waals surface area (Å²) in [6.45, 7) is 8.77. The third-order valence-electron chi connectivity index (χ3n) is 7.85. The van der Waals surface area contributed by atoms with E-state index in [9.17, 15) is 14.7 Å². The highest BCUT2D eigenvalue weighted by Crippen LogP contribution is 2.45. The van der Waals surface area contributed by atoms with Crippen molar-refractivity contribution < 1.29 is 24.2 Å². The summed E-state index contributed by atoms with van der Waals surface area (Å²) in [6, 6.07) is 16.0. The Morgan fingerprint density at radius 1 is 1.10 bits per heavy atom. The number of fused-ring (bicyclic) bond motifs is 2. The van der Waals surface area contributed by atoms with Crippen LogP contribution in [0.2, 0.25) is 0 Å². The maximum atomic E-state index is 13.7. The van der Waals surface area contributed by atoms with Gasteiger partial charge >= 0.3 is 5.91 Å². The average molecular weight is 583 g/mol. The highest BCUT2D eigenvalue weighted by atomic mass is 32.1. The molecular formula is C34H34N2O5S. The van der Waals surface area contributed by atoms with Crippen LogP contribution in [0.15, 0.2) is 60.2 Å². The van der Waals surface area contributed by atoms with Gasteiger partial charge in [-0.3, -0.25) is 14.5 Å². The van der Waals surface area contributed by atoms with E-state index in [1.54, 1.807) is 6.07 Å². The molecule has 0 saturated carbocycles. The summed E-state index contributed by atoms with van der Waals surface area (Å²) in [5.74, 6) is -0.185. The van der Waals surface area contributed by atoms with Gasteiger partial charge in [0.2, 0.25) is 0 Å². The van der Waals surface area contributed by atoms with Crippen molar-refractivity contribution >= 4 is 44.1 Å². The molecule has 0 aliphatic carbocycles. The number of Topliss-reactive ketones (excluding diaryl/α,β-unsaturated/α-hetero) is 1. The van der Waals surface area contributed by atoms with Gasteiger partial charge in [0, 0.05) is 12.0 Å². The predicted octanol–water partition coefficient (Wildman–Crippen LogP) is 7.43. The van der Waals surface area contributed by atoms with Crippen molar-refractivity contribution in [3.05, 3.63) is 88.0 Å². The van der Waals surface area contributed by atoms with Crippen molar-refractivity contribution in [1.82, 2.24) is 4.98 Å². The van der Waals surface area contributed by atoms with E-state index in [1.807, 2.05) is 63.2 Å². The van der Waals surface area contributed by atoms with Gasteiger partial charge in [-0.2, -0.15) is 0 Å². The maximum absolute atomic E-state index is 13.7. The maximum Gasteiger partial charge on any atom is 0.301 e. The van der Waals surface area contributed by atoms with Crippen LogP contribution < -0.4 is 14.4 Å². The number of ether oxygens (including phenoxy) is 2. The Labute approximate surface area is 249 Å². The molecule has 4 aromatic rings. The number of carbonyl (C=O) groups excluding carboxylic acids is 2. The second-order valence-electron chi connectivity index (χ2n) is 11.2. The van der Waals surface area contributed by atoms with Crippen LogP contribution >= 0.6 is 11.3 Å². The molecule has 0 bridgehead atoms. The molecule has 42 heavy (non-hydrogen) atoms. The number of anilines is 1. The molecule has 1 aromatic heterocycles. The van der Waals surface area contributed by atoms with E-state index in [-0.39, 0.29) is 17.4 Å². The first-order chi connectivity index (χ1) is 20.2. The molecule has 1 fully saturated rings. The lowest BCUT2D eigenvalue weighted by molar-refractivity contribution is -0.132. The Morgan fingerprint density at radius 2 is 1.88 bits per heavy atom. The molecule has 8 heteroatoms. The van der Waals surface area contributed by atoms with E-state index in [4.69, 9.17) is 14.5 Å². The lowest BCUT2D eigenvalue weighted by Crippen LogP contribution is -2.29. The van der Waals surface area contributed by atoms with Gasteiger partial charge in [-0.1, -0.05) is 49.3 Å². The van der Waals surface area contributed by atoms with Crippen LogP contribution in [0.25, 0.3) is 16.0 Å². The summed E-state index contributed by atoms with van der Waals surface area (Å²) in [4.78, 5) is 33.7. The van der Waals surface area contributed by atoms with E-state index >= 15 is 0 Å². The second-order valence-corrected chi connectivity index (χ2v) is 12.2. The monoisotopic (exact) mass is 582 g/mol. The van der Waals surface area contributed by atoms with Crippen LogP contribution in [0, 0.1) is 13.8 Å². The topological polar surface area (TPSA) is 89.0 Å². The molecule has 2 aliphatic heterocycles. The molecule has 1 saturated heterocycles. The van der Waals surface area contributed by atoms with Crippen molar-refractivity contribution in [2.45, 2.75) is 65.5 Å². The number of unbranched alkanes of at least 4 members (excludes halogenated alkanes) is 2. The molecule has 2 aliphatic rings. The lowest BCUT2D eigenvalue weighted by Gasteiger charge is -2.23. The Balaban J connectivity index is 1.45. The van der Waals surface area contributed by atoms with E-state index in [0.29, 0.717) is 35.0 Å². The van der Waals surface area contributed by atoms with Gasteiger partial charge < -0.3 is 14.6 Å². The molecule has 6 rings (SSSR count). The Bertz CT molecular complexity index is 1720. The van der Waals surface area contributed by atoms with E-state index < -0.39 is 17.7 Å². The van der Waals surface area contributed by atoms with Crippen LogP contribution in [-0.4, -0.2) is 34.5 Å². The number of rotatable bonds is 8. The van der Waals surface area contributed by atoms with Gasteiger partial charge in [0.15, 0.2) is 5.13 Å². The number of thiazole rings is 1. The van der Waals surface area contributed by atoms with Crippen molar-refractivity contribution in [3.8, 4) is 11.5 Å². The lowest BCUT2D eigenvalue weighted by atomic mass is 9.94. The van der Waals surface area contributed by atoms with Gasteiger partial charge in [-0.25, -0.2) is 4.98 Å². The quantitative estimate of drug-likeness (QED) is 0.101. The largest absolute Gasteiger partial charge is 0.507 e. The zero-order chi connectivity index (χ0) is 29.5. The molecule has 0 unspecified atom stereocenters. The number of aliphatic hydroxyl groups excluding tert-OH is 1. The third-order valence-corrected chi connectivity index (χ3v) is 8.85. The fourth-order valence-corrected chi connectivity index (χ4v) is 6.99. The number of hydrogen-bond donors (Lipinski definition) is 1. The Hall–Kier alpha value is -4.17. The summed E-state index contributed by atoms with van der Waals surface area (Å²) in [7, 11) is 0. The number of aryl methyl sites for hydroxylation is 2. The summed E-state index contributed by atoms with van der Waals surface area (Å²) >= 11 is 1.37. The average Bonchev–Trinajstić information content (AvgIpc) is 3.63. The molecule has 7 nitrogen and oxygen atoms in total. The summed E-state index contributed by atoms with van der Waals surface area (Å²) < 4.78 is 12.7. The van der Waals surface area contributed by atoms with Crippen LogP contribution in [0.3, 0.4) is 0 Å². The minimum atomic E-state index is -0.857. The van der Waals surface area contributed by atoms with E-state index in [2.05, 4.69) is 13.0 Å². The molecule has 0 spiro atoms. The summed E-state index contributed by atoms with van der Waals surface area (Å²) in [6.07, 6.45) is 3.93. The standard InChI is InChI=1S/C34H34N2O5S/c1-5-6-7-14-40-25-11-8-22(9-12-25)30-28(31(37)23-10-13-26-24(18-23)17-21(4)41-26)32(38)33(39)36(30)34-35-29-20(3)15-19(2)16-27(29)42-34/h8-13,15-16,18,21,30,37H,5-7,14,17H2,1-4H3/b31-28+/t21-,30-/m0/s1. The van der Waals surface area contributed by atoms with Crippen molar-refractivity contribution in [1.29, 1.82) is 0 Å². The Kier molecular flexibility index (Phi) is 7.49. The van der Waals surface area contributed by atoms with Crippen molar-refractivity contribution in [3.63, 3.8) is 0 Å². The third kappa shape index (κ3) is 5.04. The van der Waals surface area contributed by atoms with Gasteiger partial charge in [-0.15, -0.1) is 0 Å². The first-order valence-corrected chi connectivity index (χ1v) is 15.3. The van der Waals surface area contributed by atoms with Crippen LogP contribution in [0.5, 0.6) is 11.5 Å². The number of hydrogen-bond acceptors (Lipinski definition) is 7. The highest BCUT2D eigenvalue weighted by Gasteiger charge is 2.48. The number of benzene rings is 3. The fourth-order valence-electron chi connectivity index (χ4n) is 5.82. The molecule has 1 N–H and O–H groups in total. The Morgan fingerprint density at radius 3 is 2.64 bits per heavy atom. The molecule has 1 amide bonds. The van der Waals surface area contributed by atoms with Gasteiger partial charge in [0.05, 0.1) is 28.4 Å². The number of nitrogens with zero attached hydrogens (tertiary/aromatic N) is 2. The smallest absolute Gasteiger partial charge is 0.301 e. The summed E-state index contributed by atoms with van der Waals surface area (Å²) in [5.41, 5.74) is 5.04. The van der Waals surface area contributed by atoms with Gasteiger partial charge in [0.1, 0.15) is 23.4 Å². The van der Waals surface area contributed by atoms with Gasteiger partial charge in [0.25, 0.3) is 5.78 Å².